The van der Waals surface area contributed by atoms with Crippen LogP contribution in [0.15, 0.2) is 24.3 Å². The molecule has 0 radical (unpaired) electrons. The smallest absolute Gasteiger partial charge is 0.306 e. The number of aliphatic hydroxyl groups excluding tert-OH is 1. The maximum absolute atomic E-state index is 12.6. The summed E-state index contributed by atoms with van der Waals surface area (Å²) in [6, 6.07) is 5.97. The molecule has 1 rings (SSSR count). The Morgan fingerprint density at radius 2 is 2.00 bits per heavy atom. The van der Waals surface area contributed by atoms with E-state index in [1.165, 1.54) is 12.1 Å². The average molecular weight is 227 g/mol. The fraction of sp³-hybridized carbons (Fsp3) is 0.364. The molecule has 3 N–H and O–H groups in total. The molecule has 0 saturated heterocycles. The van der Waals surface area contributed by atoms with E-state index in [2.05, 4.69) is 5.32 Å². The Morgan fingerprint density at radius 3 is 2.56 bits per heavy atom. The van der Waals surface area contributed by atoms with Crippen molar-refractivity contribution < 1.29 is 19.4 Å². The number of carbonyl (C=O) groups is 1. The van der Waals surface area contributed by atoms with Gasteiger partial charge < -0.3 is 15.5 Å². The van der Waals surface area contributed by atoms with Gasteiger partial charge in [0.05, 0.1) is 12.5 Å². The molecule has 1 aromatic rings. The molecule has 0 aliphatic carbocycles. The number of aliphatic carboxylic acids is 1. The first-order valence-electron chi connectivity index (χ1n) is 4.93. The molecule has 0 fully saturated rings. The highest BCUT2D eigenvalue weighted by Crippen LogP contribution is 2.02. The first-order chi connectivity index (χ1) is 7.58. The summed E-state index contributed by atoms with van der Waals surface area (Å²) in [4.78, 5) is 10.3. The van der Waals surface area contributed by atoms with E-state index in [9.17, 15) is 14.3 Å². The van der Waals surface area contributed by atoms with E-state index < -0.39 is 12.1 Å². The quantitative estimate of drug-likeness (QED) is 0.670. The lowest BCUT2D eigenvalue weighted by atomic mass is 10.2. The third kappa shape index (κ3) is 4.86. The highest BCUT2D eigenvalue weighted by Gasteiger charge is 2.08. The standard InChI is InChI=1S/C11H14FNO3/c12-9-3-1-8(2-4-9)6-13-7-10(14)5-11(15)16/h1-4,10,13-14H,5-7H2,(H,15,16). The van der Waals surface area contributed by atoms with Crippen LogP contribution in [0.1, 0.15) is 12.0 Å². The van der Waals surface area contributed by atoms with Crippen LogP contribution in [0.25, 0.3) is 0 Å². The van der Waals surface area contributed by atoms with Gasteiger partial charge in [-0.25, -0.2) is 4.39 Å². The van der Waals surface area contributed by atoms with Crippen LogP contribution in [0.4, 0.5) is 4.39 Å². The number of benzene rings is 1. The number of halogens is 1. The van der Waals surface area contributed by atoms with Crippen molar-refractivity contribution in [3.8, 4) is 0 Å². The van der Waals surface area contributed by atoms with E-state index >= 15 is 0 Å². The second kappa shape index (κ2) is 6.19. The first-order valence-corrected chi connectivity index (χ1v) is 4.93. The second-order valence-corrected chi connectivity index (χ2v) is 3.51. The Bertz CT molecular complexity index is 340. The molecule has 0 heterocycles. The zero-order valence-electron chi connectivity index (χ0n) is 8.69. The summed E-state index contributed by atoms with van der Waals surface area (Å²) in [6.07, 6.45) is -1.19. The Balaban J connectivity index is 2.25. The topological polar surface area (TPSA) is 69.6 Å². The minimum Gasteiger partial charge on any atom is -0.481 e. The van der Waals surface area contributed by atoms with Crippen molar-refractivity contribution in [1.29, 1.82) is 0 Å². The minimum atomic E-state index is -1.03. The largest absolute Gasteiger partial charge is 0.481 e. The maximum Gasteiger partial charge on any atom is 0.306 e. The van der Waals surface area contributed by atoms with E-state index in [1.54, 1.807) is 12.1 Å². The molecule has 0 saturated carbocycles. The number of rotatable bonds is 6. The van der Waals surface area contributed by atoms with Gasteiger partial charge in [0, 0.05) is 13.1 Å². The van der Waals surface area contributed by atoms with Gasteiger partial charge in [-0.1, -0.05) is 12.1 Å². The minimum absolute atomic E-state index is 0.198. The Kier molecular flexibility index (Phi) is 4.88. The van der Waals surface area contributed by atoms with Crippen molar-refractivity contribution in [3.63, 3.8) is 0 Å². The van der Waals surface area contributed by atoms with Crippen molar-refractivity contribution in [2.75, 3.05) is 6.54 Å². The van der Waals surface area contributed by atoms with Gasteiger partial charge in [-0.2, -0.15) is 0 Å². The number of carboxylic acid groups (broad SMARTS) is 1. The van der Waals surface area contributed by atoms with Crippen LogP contribution in [0.5, 0.6) is 0 Å². The van der Waals surface area contributed by atoms with Crippen molar-refractivity contribution in [3.05, 3.63) is 35.6 Å². The van der Waals surface area contributed by atoms with Gasteiger partial charge in [-0.05, 0) is 17.7 Å². The highest BCUT2D eigenvalue weighted by atomic mass is 19.1. The molecular formula is C11H14FNO3. The number of hydrogen-bond acceptors (Lipinski definition) is 3. The van der Waals surface area contributed by atoms with Gasteiger partial charge in [0.25, 0.3) is 0 Å². The number of carboxylic acids is 1. The summed E-state index contributed by atoms with van der Waals surface area (Å²) < 4.78 is 12.6. The van der Waals surface area contributed by atoms with Gasteiger partial charge in [0.2, 0.25) is 0 Å². The summed E-state index contributed by atoms with van der Waals surface area (Å²) in [7, 11) is 0. The van der Waals surface area contributed by atoms with Crippen LogP contribution in [0.2, 0.25) is 0 Å². The fourth-order valence-corrected chi connectivity index (χ4v) is 1.26. The molecule has 88 valence electrons. The number of hydrogen-bond donors (Lipinski definition) is 3. The molecule has 0 spiro atoms. The molecule has 1 atom stereocenters. The Hall–Kier alpha value is -1.46. The van der Waals surface area contributed by atoms with Crippen molar-refractivity contribution in [1.82, 2.24) is 5.32 Å². The van der Waals surface area contributed by atoms with Gasteiger partial charge in [-0.3, -0.25) is 4.79 Å². The average Bonchev–Trinajstić information content (AvgIpc) is 2.20. The fourth-order valence-electron chi connectivity index (χ4n) is 1.26. The van der Waals surface area contributed by atoms with Crippen LogP contribution < -0.4 is 5.32 Å². The van der Waals surface area contributed by atoms with Crippen LogP contribution in [-0.4, -0.2) is 28.8 Å². The third-order valence-electron chi connectivity index (χ3n) is 2.03. The summed E-state index contributed by atoms with van der Waals surface area (Å²) >= 11 is 0. The van der Waals surface area contributed by atoms with Crippen LogP contribution in [0.3, 0.4) is 0 Å². The molecule has 0 bridgehead atoms. The molecule has 0 amide bonds. The molecular weight excluding hydrogens is 213 g/mol. The van der Waals surface area contributed by atoms with E-state index in [0.717, 1.165) is 5.56 Å². The van der Waals surface area contributed by atoms with E-state index in [-0.39, 0.29) is 18.8 Å². The zero-order chi connectivity index (χ0) is 12.0. The Morgan fingerprint density at radius 1 is 1.38 bits per heavy atom. The lowest BCUT2D eigenvalue weighted by molar-refractivity contribution is -0.139. The number of aliphatic hydroxyl groups is 1. The van der Waals surface area contributed by atoms with E-state index in [1.807, 2.05) is 0 Å². The van der Waals surface area contributed by atoms with Gasteiger partial charge in [0.15, 0.2) is 0 Å². The molecule has 4 nitrogen and oxygen atoms in total. The molecule has 16 heavy (non-hydrogen) atoms. The monoisotopic (exact) mass is 227 g/mol. The first kappa shape index (κ1) is 12.6. The SMILES string of the molecule is O=C(O)CC(O)CNCc1ccc(F)cc1. The predicted octanol–water partition coefficient (Wildman–Crippen LogP) is 0.751. The van der Waals surface area contributed by atoms with Crippen molar-refractivity contribution in [2.24, 2.45) is 0 Å². The third-order valence-corrected chi connectivity index (χ3v) is 2.03. The van der Waals surface area contributed by atoms with Crippen molar-refractivity contribution in [2.45, 2.75) is 19.1 Å². The molecule has 0 aliphatic heterocycles. The summed E-state index contributed by atoms with van der Waals surface area (Å²) in [5, 5.41) is 20.5. The predicted molar refractivity (Wildman–Crippen MR) is 56.4 cm³/mol. The van der Waals surface area contributed by atoms with Crippen LogP contribution in [0, 0.1) is 5.82 Å². The Labute approximate surface area is 92.7 Å². The maximum atomic E-state index is 12.6. The number of nitrogens with one attached hydrogen (secondary N) is 1. The molecule has 1 unspecified atom stereocenters. The molecule has 5 heteroatoms. The van der Waals surface area contributed by atoms with Gasteiger partial charge in [-0.15, -0.1) is 0 Å². The summed E-state index contributed by atoms with van der Waals surface area (Å²) in [6.45, 7) is 0.667. The highest BCUT2D eigenvalue weighted by molar-refractivity contribution is 5.67. The van der Waals surface area contributed by atoms with Crippen LogP contribution >= 0.6 is 0 Å². The summed E-state index contributed by atoms with van der Waals surface area (Å²) in [5.74, 6) is -1.33. The lowest BCUT2D eigenvalue weighted by Crippen LogP contribution is -2.28. The van der Waals surface area contributed by atoms with E-state index in [0.29, 0.717) is 6.54 Å². The van der Waals surface area contributed by atoms with E-state index in [4.69, 9.17) is 5.11 Å². The summed E-state index contributed by atoms with van der Waals surface area (Å²) in [5.41, 5.74) is 0.879. The molecule has 0 aliphatic rings. The van der Waals surface area contributed by atoms with Gasteiger partial charge in [0.1, 0.15) is 5.82 Å². The molecule has 0 aromatic heterocycles. The zero-order valence-corrected chi connectivity index (χ0v) is 8.69. The van der Waals surface area contributed by atoms with Gasteiger partial charge >= 0.3 is 5.97 Å². The second-order valence-electron chi connectivity index (χ2n) is 3.51. The normalized spacial score (nSPS) is 12.4. The van der Waals surface area contributed by atoms with Crippen LogP contribution in [-0.2, 0) is 11.3 Å². The lowest BCUT2D eigenvalue weighted by Gasteiger charge is -2.09. The molecule has 1 aromatic carbocycles. The van der Waals surface area contributed by atoms with Crippen molar-refractivity contribution >= 4 is 5.97 Å².